The predicted molar refractivity (Wildman–Crippen MR) is 89.2 cm³/mol. The third kappa shape index (κ3) is 4.06. The predicted octanol–water partition coefficient (Wildman–Crippen LogP) is 1.99. The van der Waals surface area contributed by atoms with Gasteiger partial charge >= 0.3 is 5.97 Å². The molecule has 7 heteroatoms. The van der Waals surface area contributed by atoms with Crippen LogP contribution in [-0.4, -0.2) is 50.0 Å². The molecule has 24 heavy (non-hydrogen) atoms. The maximum absolute atomic E-state index is 13.0. The van der Waals surface area contributed by atoms with E-state index >= 15 is 0 Å². The number of amides is 1. The van der Waals surface area contributed by atoms with Crippen LogP contribution in [0.15, 0.2) is 24.3 Å². The van der Waals surface area contributed by atoms with Crippen molar-refractivity contribution >= 4 is 23.5 Å². The number of hydrogen-bond donors (Lipinski definition) is 2. The van der Waals surface area contributed by atoms with Gasteiger partial charge < -0.3 is 19.9 Å². The van der Waals surface area contributed by atoms with Crippen LogP contribution in [0, 0.1) is 0 Å². The summed E-state index contributed by atoms with van der Waals surface area (Å²) >= 11 is 6.32. The molecule has 1 unspecified atom stereocenters. The second kappa shape index (κ2) is 8.46. The van der Waals surface area contributed by atoms with E-state index in [1.807, 2.05) is 12.1 Å². The lowest BCUT2D eigenvalue weighted by molar-refractivity contribution is -0.144. The molecule has 1 fully saturated rings. The Labute approximate surface area is 146 Å². The van der Waals surface area contributed by atoms with E-state index in [1.54, 1.807) is 12.1 Å². The Kier molecular flexibility index (Phi) is 6.60. The number of aliphatic carboxylic acids is 1. The molecule has 0 radical (unpaired) electrons. The molecule has 1 saturated heterocycles. The summed E-state index contributed by atoms with van der Waals surface area (Å²) in [5.41, 5.74) is -0.166. The van der Waals surface area contributed by atoms with Gasteiger partial charge in [0.25, 0.3) is 0 Å². The first-order chi connectivity index (χ1) is 11.5. The highest BCUT2D eigenvalue weighted by atomic mass is 35.5. The average molecular weight is 356 g/mol. The number of carbonyl (C=O) groups is 2. The van der Waals surface area contributed by atoms with Crippen molar-refractivity contribution in [2.45, 2.75) is 30.7 Å². The topological polar surface area (TPSA) is 84.9 Å². The smallest absolute Gasteiger partial charge is 0.326 e. The molecule has 0 saturated carbocycles. The zero-order valence-electron chi connectivity index (χ0n) is 13.6. The van der Waals surface area contributed by atoms with E-state index in [0.29, 0.717) is 36.6 Å². The van der Waals surface area contributed by atoms with Gasteiger partial charge in [-0.3, -0.25) is 4.79 Å². The van der Waals surface area contributed by atoms with Gasteiger partial charge in [-0.25, -0.2) is 4.79 Å². The second-order valence-corrected chi connectivity index (χ2v) is 6.23. The minimum Gasteiger partial charge on any atom is -0.480 e. The zero-order chi connectivity index (χ0) is 17.6. The molecule has 2 rings (SSSR count). The monoisotopic (exact) mass is 355 g/mol. The molecule has 1 amide bonds. The Hall–Kier alpha value is -1.63. The average Bonchev–Trinajstić information content (AvgIpc) is 2.59. The first-order valence-electron chi connectivity index (χ1n) is 7.87. The van der Waals surface area contributed by atoms with Crippen molar-refractivity contribution in [2.75, 3.05) is 26.9 Å². The summed E-state index contributed by atoms with van der Waals surface area (Å²) in [7, 11) is 1.49. The second-order valence-electron chi connectivity index (χ2n) is 5.82. The van der Waals surface area contributed by atoms with Crippen LogP contribution in [0.3, 0.4) is 0 Å². The number of benzene rings is 1. The van der Waals surface area contributed by atoms with Gasteiger partial charge in [0.1, 0.15) is 6.04 Å². The third-order valence-electron chi connectivity index (χ3n) is 4.38. The van der Waals surface area contributed by atoms with E-state index in [-0.39, 0.29) is 18.9 Å². The number of carbonyl (C=O) groups excluding carboxylic acids is 1. The van der Waals surface area contributed by atoms with Crippen molar-refractivity contribution in [3.8, 4) is 0 Å². The zero-order valence-corrected chi connectivity index (χ0v) is 14.3. The van der Waals surface area contributed by atoms with Crippen molar-refractivity contribution in [1.29, 1.82) is 0 Å². The molecule has 1 aliphatic heterocycles. The van der Waals surface area contributed by atoms with E-state index in [0.717, 1.165) is 0 Å². The Morgan fingerprint density at radius 1 is 1.38 bits per heavy atom. The number of halogens is 1. The Morgan fingerprint density at radius 2 is 2.04 bits per heavy atom. The van der Waals surface area contributed by atoms with Crippen LogP contribution in [0.4, 0.5) is 0 Å². The van der Waals surface area contributed by atoms with E-state index in [4.69, 9.17) is 21.1 Å². The summed E-state index contributed by atoms with van der Waals surface area (Å²) in [6.45, 7) is 1.10. The van der Waals surface area contributed by atoms with E-state index < -0.39 is 17.4 Å². The number of ether oxygens (including phenoxy) is 2. The molecular weight excluding hydrogens is 334 g/mol. The molecular formula is C17H22ClNO5. The summed E-state index contributed by atoms with van der Waals surface area (Å²) in [5.74, 6) is -1.41. The van der Waals surface area contributed by atoms with E-state index in [2.05, 4.69) is 5.32 Å². The number of hydrogen-bond acceptors (Lipinski definition) is 4. The van der Waals surface area contributed by atoms with Crippen LogP contribution in [0.5, 0.6) is 0 Å². The Morgan fingerprint density at radius 3 is 2.62 bits per heavy atom. The van der Waals surface area contributed by atoms with Gasteiger partial charge in [-0.05, 0) is 24.5 Å². The fourth-order valence-corrected chi connectivity index (χ4v) is 3.29. The van der Waals surface area contributed by atoms with Crippen LogP contribution < -0.4 is 5.32 Å². The molecule has 6 nitrogen and oxygen atoms in total. The van der Waals surface area contributed by atoms with Crippen molar-refractivity contribution in [1.82, 2.24) is 5.32 Å². The third-order valence-corrected chi connectivity index (χ3v) is 4.71. The van der Waals surface area contributed by atoms with E-state index in [1.165, 1.54) is 7.11 Å². The fraction of sp³-hybridized carbons (Fsp3) is 0.529. The highest BCUT2D eigenvalue weighted by Gasteiger charge is 2.44. The first kappa shape index (κ1) is 18.7. The van der Waals surface area contributed by atoms with Crippen molar-refractivity contribution in [3.05, 3.63) is 34.9 Å². The molecule has 1 aliphatic rings. The van der Waals surface area contributed by atoms with Gasteiger partial charge in [0.05, 0.1) is 5.41 Å². The summed E-state index contributed by atoms with van der Waals surface area (Å²) in [6, 6.07) is 6.18. The van der Waals surface area contributed by atoms with Crippen molar-refractivity contribution in [3.63, 3.8) is 0 Å². The molecule has 0 bridgehead atoms. The lowest BCUT2D eigenvalue weighted by Gasteiger charge is -2.37. The summed E-state index contributed by atoms with van der Waals surface area (Å²) < 4.78 is 10.3. The highest BCUT2D eigenvalue weighted by molar-refractivity contribution is 6.31. The number of nitrogens with one attached hydrogen (secondary N) is 1. The van der Waals surface area contributed by atoms with Gasteiger partial charge in [0.15, 0.2) is 0 Å². The summed E-state index contributed by atoms with van der Waals surface area (Å²) in [5, 5.41) is 12.5. The highest BCUT2D eigenvalue weighted by Crippen LogP contribution is 2.39. The number of methoxy groups -OCH3 is 1. The normalized spacial score (nSPS) is 17.9. The van der Waals surface area contributed by atoms with Gasteiger partial charge in [0, 0.05) is 38.4 Å². The molecule has 0 spiro atoms. The maximum atomic E-state index is 13.0. The number of carboxylic acid groups (broad SMARTS) is 1. The van der Waals surface area contributed by atoms with E-state index in [9.17, 15) is 14.7 Å². The number of carboxylic acids is 1. The van der Waals surface area contributed by atoms with Crippen LogP contribution in [0.2, 0.25) is 5.02 Å². The SMILES string of the molecule is COCCC(NC(=O)C1(c2ccccc2Cl)CCOCC1)C(=O)O. The molecule has 1 heterocycles. The Bertz CT molecular complexity index is 586. The minimum absolute atomic E-state index is 0.201. The first-order valence-corrected chi connectivity index (χ1v) is 8.24. The maximum Gasteiger partial charge on any atom is 0.326 e. The molecule has 1 atom stereocenters. The van der Waals surface area contributed by atoms with Gasteiger partial charge in [-0.2, -0.15) is 0 Å². The number of rotatable bonds is 7. The summed E-state index contributed by atoms with van der Waals surface area (Å²) in [4.78, 5) is 24.4. The molecule has 2 N–H and O–H groups in total. The van der Waals surface area contributed by atoms with Crippen LogP contribution >= 0.6 is 11.6 Å². The minimum atomic E-state index is -1.08. The molecule has 0 aliphatic carbocycles. The van der Waals surface area contributed by atoms with Crippen LogP contribution in [0.1, 0.15) is 24.8 Å². The molecule has 1 aromatic carbocycles. The van der Waals surface area contributed by atoms with Gasteiger partial charge in [-0.15, -0.1) is 0 Å². The van der Waals surface area contributed by atoms with Gasteiger partial charge in [-0.1, -0.05) is 29.8 Å². The quantitative estimate of drug-likeness (QED) is 0.781. The largest absolute Gasteiger partial charge is 0.480 e. The van der Waals surface area contributed by atoms with Crippen molar-refractivity contribution < 1.29 is 24.2 Å². The molecule has 132 valence electrons. The van der Waals surface area contributed by atoms with Crippen LogP contribution in [-0.2, 0) is 24.5 Å². The van der Waals surface area contributed by atoms with Crippen LogP contribution in [0.25, 0.3) is 0 Å². The van der Waals surface area contributed by atoms with Crippen molar-refractivity contribution in [2.24, 2.45) is 0 Å². The molecule has 1 aromatic rings. The van der Waals surface area contributed by atoms with Gasteiger partial charge in [0.2, 0.25) is 5.91 Å². The lowest BCUT2D eigenvalue weighted by atomic mass is 9.73. The molecule has 0 aromatic heterocycles. The Balaban J connectivity index is 2.29. The fourth-order valence-electron chi connectivity index (χ4n) is 2.98. The standard InChI is InChI=1S/C17H22ClNO5/c1-23-9-6-14(15(20)21)19-16(22)17(7-10-24-11-8-17)12-4-2-3-5-13(12)18/h2-5,14H,6-11H2,1H3,(H,19,22)(H,20,21). The lowest BCUT2D eigenvalue weighted by Crippen LogP contribution is -2.53. The summed E-state index contributed by atoms with van der Waals surface area (Å²) in [6.07, 6.45) is 1.12.